The van der Waals surface area contributed by atoms with E-state index >= 15 is 0 Å². The maximum Gasteiger partial charge on any atom is 0.00613 e. The molecule has 48 valence electrons. The molecule has 1 heteroatoms. The van der Waals surface area contributed by atoms with Crippen LogP contribution in [-0.2, 0) is 0 Å². The predicted octanol–water partition coefficient (Wildman–Crippen LogP) is 2.73. The van der Waals surface area contributed by atoms with Crippen molar-refractivity contribution in [2.75, 3.05) is 5.75 Å². The summed E-state index contributed by atoms with van der Waals surface area (Å²) in [5, 5.41) is 0. The van der Waals surface area contributed by atoms with Crippen LogP contribution < -0.4 is 0 Å². The fourth-order valence-corrected chi connectivity index (χ4v) is 2.54. The van der Waals surface area contributed by atoms with Crippen LogP contribution in [0.5, 0.6) is 0 Å². The van der Waals surface area contributed by atoms with Crippen LogP contribution in [0.15, 0.2) is 22.6 Å². The summed E-state index contributed by atoms with van der Waals surface area (Å²) in [5.74, 6) is 1.33. The van der Waals surface area contributed by atoms with E-state index in [9.17, 15) is 0 Å². The lowest BCUT2D eigenvalue weighted by molar-refractivity contribution is 0.908. The molecule has 1 aliphatic carbocycles. The highest BCUT2D eigenvalue weighted by atomic mass is 32.2. The first-order valence-corrected chi connectivity index (χ1v) is 4.47. The van der Waals surface area contributed by atoms with E-state index in [1.807, 2.05) is 11.8 Å². The molecule has 0 spiro atoms. The molecule has 0 aromatic rings. The summed E-state index contributed by atoms with van der Waals surface area (Å²) < 4.78 is 0. The molecular formula is C8H10S. The molecule has 1 heterocycles. The Morgan fingerprint density at radius 1 is 1.33 bits per heavy atom. The van der Waals surface area contributed by atoms with E-state index in [1.54, 1.807) is 10.5 Å². The van der Waals surface area contributed by atoms with Gasteiger partial charge in [-0.25, -0.2) is 0 Å². The van der Waals surface area contributed by atoms with Crippen molar-refractivity contribution in [3.05, 3.63) is 22.6 Å². The van der Waals surface area contributed by atoms with Crippen LogP contribution in [0.2, 0.25) is 0 Å². The zero-order valence-corrected chi connectivity index (χ0v) is 6.21. The van der Waals surface area contributed by atoms with Crippen LogP contribution in [0.25, 0.3) is 0 Å². The molecule has 2 rings (SSSR count). The highest BCUT2D eigenvalue weighted by Crippen LogP contribution is 2.37. The Labute approximate surface area is 60.0 Å². The topological polar surface area (TPSA) is 0 Å². The lowest BCUT2D eigenvalue weighted by Gasteiger charge is -2.04. The van der Waals surface area contributed by atoms with Gasteiger partial charge in [0, 0.05) is 10.7 Å². The number of rotatable bonds is 0. The lowest BCUT2D eigenvalue weighted by Crippen LogP contribution is -1.85. The second kappa shape index (κ2) is 2.22. The zero-order chi connectivity index (χ0) is 6.10. The van der Waals surface area contributed by atoms with Gasteiger partial charge in [-0.15, -0.1) is 11.8 Å². The monoisotopic (exact) mass is 138 g/mol. The van der Waals surface area contributed by atoms with Crippen LogP contribution >= 0.6 is 11.8 Å². The van der Waals surface area contributed by atoms with Crippen molar-refractivity contribution in [1.82, 2.24) is 0 Å². The van der Waals surface area contributed by atoms with E-state index in [4.69, 9.17) is 0 Å². The van der Waals surface area contributed by atoms with Gasteiger partial charge in [-0.1, -0.05) is 17.7 Å². The van der Waals surface area contributed by atoms with E-state index in [0.29, 0.717) is 0 Å². The maximum absolute atomic E-state index is 2.29. The zero-order valence-electron chi connectivity index (χ0n) is 5.39. The first-order valence-electron chi connectivity index (χ1n) is 3.48. The highest BCUT2D eigenvalue weighted by molar-refractivity contribution is 8.03. The summed E-state index contributed by atoms with van der Waals surface area (Å²) in [6.45, 7) is 0. The fourth-order valence-electron chi connectivity index (χ4n) is 1.37. The lowest BCUT2D eigenvalue weighted by atomic mass is 10.0. The molecule has 1 aliphatic heterocycles. The first-order chi connectivity index (χ1) is 4.47. The van der Waals surface area contributed by atoms with Crippen LogP contribution in [0.3, 0.4) is 0 Å². The van der Waals surface area contributed by atoms with E-state index in [-0.39, 0.29) is 0 Å². The number of hydrogen-bond donors (Lipinski definition) is 0. The van der Waals surface area contributed by atoms with E-state index in [2.05, 4.69) is 12.2 Å². The maximum atomic E-state index is 2.29. The molecule has 0 atom stereocenters. The number of allylic oxidation sites excluding steroid dienone is 3. The van der Waals surface area contributed by atoms with Crippen molar-refractivity contribution in [3.63, 3.8) is 0 Å². The normalized spacial score (nSPS) is 24.9. The Hall–Kier alpha value is -0.170. The Balaban J connectivity index is 2.28. The van der Waals surface area contributed by atoms with E-state index in [0.717, 1.165) is 0 Å². The van der Waals surface area contributed by atoms with E-state index in [1.165, 1.54) is 25.0 Å². The van der Waals surface area contributed by atoms with Gasteiger partial charge in [0.2, 0.25) is 0 Å². The van der Waals surface area contributed by atoms with Gasteiger partial charge >= 0.3 is 0 Å². The third-order valence-electron chi connectivity index (χ3n) is 1.89. The van der Waals surface area contributed by atoms with Gasteiger partial charge in [-0.3, -0.25) is 0 Å². The molecule has 0 aromatic heterocycles. The first kappa shape index (κ1) is 5.60. The van der Waals surface area contributed by atoms with E-state index < -0.39 is 0 Å². The third-order valence-corrected chi connectivity index (χ3v) is 3.04. The standard InChI is InChI=1S/C8H10S/c1-2-4-8-7(3-1)5-6-9-8/h2,4H,1,3,5-6H2. The van der Waals surface area contributed by atoms with Gasteiger partial charge < -0.3 is 0 Å². The van der Waals surface area contributed by atoms with Crippen molar-refractivity contribution in [2.24, 2.45) is 0 Å². The summed E-state index contributed by atoms with van der Waals surface area (Å²) in [4.78, 5) is 1.57. The van der Waals surface area contributed by atoms with Crippen LogP contribution in [0.1, 0.15) is 19.3 Å². The summed E-state index contributed by atoms with van der Waals surface area (Å²) in [6, 6.07) is 0. The second-order valence-corrected chi connectivity index (χ2v) is 3.64. The minimum atomic E-state index is 1.28. The van der Waals surface area contributed by atoms with Gasteiger partial charge in [0.1, 0.15) is 0 Å². The summed E-state index contributed by atoms with van der Waals surface area (Å²) in [7, 11) is 0. The third kappa shape index (κ3) is 0.940. The minimum absolute atomic E-state index is 1.28. The van der Waals surface area contributed by atoms with Crippen molar-refractivity contribution in [2.45, 2.75) is 19.3 Å². The molecule has 0 saturated heterocycles. The van der Waals surface area contributed by atoms with Crippen molar-refractivity contribution >= 4 is 11.8 Å². The average Bonchev–Trinajstić information content (AvgIpc) is 2.33. The SMILES string of the molecule is C1=CC2=C(CC1)CCS2. The van der Waals surface area contributed by atoms with Crippen molar-refractivity contribution < 1.29 is 0 Å². The molecule has 0 radical (unpaired) electrons. The molecule has 0 saturated carbocycles. The Bertz CT molecular complexity index is 177. The quantitative estimate of drug-likeness (QED) is 0.496. The van der Waals surface area contributed by atoms with Gasteiger partial charge in [-0.05, 0) is 19.3 Å². The number of hydrogen-bond acceptors (Lipinski definition) is 1. The Kier molecular flexibility index (Phi) is 1.38. The second-order valence-electron chi connectivity index (χ2n) is 2.51. The smallest absolute Gasteiger partial charge is 0.00613 e. The Morgan fingerprint density at radius 2 is 2.33 bits per heavy atom. The van der Waals surface area contributed by atoms with Crippen molar-refractivity contribution in [1.29, 1.82) is 0 Å². The largest absolute Gasteiger partial charge is 0.126 e. The summed E-state index contributed by atoms with van der Waals surface area (Å²) in [6.07, 6.45) is 8.54. The molecule has 0 N–H and O–H groups in total. The molecule has 0 bridgehead atoms. The summed E-state index contributed by atoms with van der Waals surface area (Å²) >= 11 is 2.02. The molecule has 0 amide bonds. The molecule has 9 heavy (non-hydrogen) atoms. The Morgan fingerprint density at radius 3 is 3.22 bits per heavy atom. The van der Waals surface area contributed by atoms with Gasteiger partial charge in [-0.2, -0.15) is 0 Å². The molecule has 0 nitrogen and oxygen atoms in total. The van der Waals surface area contributed by atoms with Crippen LogP contribution in [-0.4, -0.2) is 5.75 Å². The number of thioether (sulfide) groups is 1. The fraction of sp³-hybridized carbons (Fsp3) is 0.500. The van der Waals surface area contributed by atoms with Crippen molar-refractivity contribution in [3.8, 4) is 0 Å². The van der Waals surface area contributed by atoms with Crippen LogP contribution in [0.4, 0.5) is 0 Å². The molecule has 2 aliphatic rings. The average molecular weight is 138 g/mol. The predicted molar refractivity (Wildman–Crippen MR) is 42.5 cm³/mol. The van der Waals surface area contributed by atoms with Gasteiger partial charge in [0.15, 0.2) is 0 Å². The van der Waals surface area contributed by atoms with Crippen LogP contribution in [0, 0.1) is 0 Å². The molecule has 0 unspecified atom stereocenters. The molecule has 0 fully saturated rings. The minimum Gasteiger partial charge on any atom is -0.126 e. The molecular weight excluding hydrogens is 128 g/mol. The highest BCUT2D eigenvalue weighted by Gasteiger charge is 2.13. The summed E-state index contributed by atoms with van der Waals surface area (Å²) in [5.41, 5.74) is 1.71. The molecule has 0 aromatic carbocycles. The van der Waals surface area contributed by atoms with Gasteiger partial charge in [0.25, 0.3) is 0 Å². The van der Waals surface area contributed by atoms with Gasteiger partial charge in [0.05, 0.1) is 0 Å².